The Hall–Kier alpha value is -0.400. The molecule has 4 fully saturated rings. The monoisotopic (exact) mass is 320 g/mol. The summed E-state index contributed by atoms with van der Waals surface area (Å²) in [4.78, 5) is 12.2. The predicted octanol–water partition coefficient (Wildman–Crippen LogP) is 5.57. The second-order valence-electron chi connectivity index (χ2n) is 9.81. The molecule has 4 rings (SSSR count). The first kappa shape index (κ1) is 16.1. The zero-order valence-corrected chi connectivity index (χ0v) is 15.1. The standard InChI is InChI=1S/C21H33FO/c1-13(23)17-6-7-18-16-5-4-14-12-15(22)8-10-20(14,2)19(16)9-11-21(17,18)3/h14-19H,4-12H2,1-3H3/t14?,15-,16+,17-,18+,19+,20+,21-/m1/s1. The van der Waals surface area contributed by atoms with Crippen LogP contribution in [0.5, 0.6) is 0 Å². The van der Waals surface area contributed by atoms with E-state index in [1.165, 1.54) is 32.1 Å². The number of alkyl halides is 1. The van der Waals surface area contributed by atoms with Crippen molar-refractivity contribution in [3.8, 4) is 0 Å². The molecule has 0 radical (unpaired) electrons. The molecule has 1 unspecified atom stereocenters. The van der Waals surface area contributed by atoms with Crippen LogP contribution in [-0.4, -0.2) is 12.0 Å². The topological polar surface area (TPSA) is 17.1 Å². The average molecular weight is 320 g/mol. The molecule has 0 aromatic heterocycles. The third-order valence-electron chi connectivity index (χ3n) is 9.09. The van der Waals surface area contributed by atoms with Crippen LogP contribution >= 0.6 is 0 Å². The normalized spacial score (nSPS) is 55.7. The van der Waals surface area contributed by atoms with Crippen molar-refractivity contribution in [2.45, 2.75) is 84.7 Å². The Kier molecular flexibility index (Phi) is 3.71. The molecule has 0 saturated heterocycles. The fraction of sp³-hybridized carbons (Fsp3) is 0.952. The van der Waals surface area contributed by atoms with Gasteiger partial charge in [0.1, 0.15) is 12.0 Å². The summed E-state index contributed by atoms with van der Waals surface area (Å²) in [5, 5.41) is 0. The molecular formula is C21H33FO. The molecular weight excluding hydrogens is 287 g/mol. The maximum atomic E-state index is 13.9. The third kappa shape index (κ3) is 2.19. The first-order chi connectivity index (χ1) is 10.9. The smallest absolute Gasteiger partial charge is 0.133 e. The van der Waals surface area contributed by atoms with Gasteiger partial charge in [-0.15, -0.1) is 0 Å². The van der Waals surface area contributed by atoms with Crippen LogP contribution < -0.4 is 0 Å². The molecule has 2 heteroatoms. The molecule has 4 aliphatic carbocycles. The Morgan fingerprint density at radius 3 is 2.35 bits per heavy atom. The van der Waals surface area contributed by atoms with Gasteiger partial charge in [-0.05, 0) is 99.2 Å². The number of Topliss-reactive ketones (excluding diaryl/α,β-unsaturated/α-hetero) is 1. The van der Waals surface area contributed by atoms with Crippen LogP contribution in [0.15, 0.2) is 0 Å². The lowest BCUT2D eigenvalue weighted by Crippen LogP contribution is -2.54. The van der Waals surface area contributed by atoms with Gasteiger partial charge in [0.2, 0.25) is 0 Å². The van der Waals surface area contributed by atoms with Gasteiger partial charge >= 0.3 is 0 Å². The van der Waals surface area contributed by atoms with E-state index in [2.05, 4.69) is 13.8 Å². The SMILES string of the molecule is CC(=O)[C@H]1CC[C@H]2[C@@H]3CCC4C[C@H](F)CC[C@]4(C)[C@H]3CC[C@]12C. The highest BCUT2D eigenvalue weighted by molar-refractivity contribution is 5.79. The molecule has 4 saturated carbocycles. The van der Waals surface area contributed by atoms with E-state index in [9.17, 15) is 9.18 Å². The number of hydrogen-bond donors (Lipinski definition) is 0. The van der Waals surface area contributed by atoms with E-state index in [4.69, 9.17) is 0 Å². The molecule has 4 aliphatic rings. The maximum absolute atomic E-state index is 13.9. The van der Waals surface area contributed by atoms with Gasteiger partial charge in [-0.2, -0.15) is 0 Å². The highest BCUT2D eigenvalue weighted by atomic mass is 19.1. The van der Waals surface area contributed by atoms with Crippen LogP contribution in [-0.2, 0) is 4.79 Å². The summed E-state index contributed by atoms with van der Waals surface area (Å²) in [5.74, 6) is 3.68. The van der Waals surface area contributed by atoms with Crippen molar-refractivity contribution in [2.75, 3.05) is 0 Å². The minimum atomic E-state index is -0.549. The lowest BCUT2D eigenvalue weighted by Gasteiger charge is -2.60. The summed E-state index contributed by atoms with van der Waals surface area (Å²) < 4.78 is 13.9. The molecule has 0 aliphatic heterocycles. The second kappa shape index (κ2) is 5.30. The van der Waals surface area contributed by atoms with Gasteiger partial charge in [-0.1, -0.05) is 13.8 Å². The van der Waals surface area contributed by atoms with Crippen molar-refractivity contribution >= 4 is 5.78 Å². The Morgan fingerprint density at radius 2 is 1.61 bits per heavy atom. The fourth-order valence-corrected chi connectivity index (χ4v) is 7.87. The molecule has 0 bridgehead atoms. The van der Waals surface area contributed by atoms with E-state index in [-0.39, 0.29) is 5.41 Å². The van der Waals surface area contributed by atoms with Crippen molar-refractivity contribution < 1.29 is 9.18 Å². The van der Waals surface area contributed by atoms with E-state index in [0.29, 0.717) is 23.0 Å². The van der Waals surface area contributed by atoms with E-state index in [1.54, 1.807) is 0 Å². The summed E-state index contributed by atoms with van der Waals surface area (Å²) in [6.07, 6.45) is 9.56. The largest absolute Gasteiger partial charge is 0.300 e. The van der Waals surface area contributed by atoms with Gasteiger partial charge in [0, 0.05) is 5.92 Å². The molecule has 0 aromatic rings. The molecule has 0 N–H and O–H groups in total. The molecule has 0 amide bonds. The van der Waals surface area contributed by atoms with E-state index < -0.39 is 6.17 Å². The molecule has 1 nitrogen and oxygen atoms in total. The van der Waals surface area contributed by atoms with Crippen LogP contribution in [0, 0.1) is 40.4 Å². The zero-order chi connectivity index (χ0) is 16.4. The van der Waals surface area contributed by atoms with Gasteiger partial charge in [0.15, 0.2) is 0 Å². The molecule has 23 heavy (non-hydrogen) atoms. The summed E-state index contributed by atoms with van der Waals surface area (Å²) in [6, 6.07) is 0. The lowest BCUT2D eigenvalue weighted by molar-refractivity contribution is -0.135. The van der Waals surface area contributed by atoms with E-state index in [1.807, 2.05) is 6.92 Å². The van der Waals surface area contributed by atoms with Gasteiger partial charge in [-0.25, -0.2) is 4.39 Å². The van der Waals surface area contributed by atoms with Crippen LogP contribution in [0.2, 0.25) is 0 Å². The second-order valence-corrected chi connectivity index (χ2v) is 9.81. The first-order valence-electron chi connectivity index (χ1n) is 10.0. The molecule has 0 heterocycles. The van der Waals surface area contributed by atoms with Crippen molar-refractivity contribution in [3.63, 3.8) is 0 Å². The maximum Gasteiger partial charge on any atom is 0.133 e. The highest BCUT2D eigenvalue weighted by Gasteiger charge is 2.60. The Bertz CT molecular complexity index is 502. The van der Waals surface area contributed by atoms with Crippen LogP contribution in [0.4, 0.5) is 4.39 Å². The highest BCUT2D eigenvalue weighted by Crippen LogP contribution is 2.67. The van der Waals surface area contributed by atoms with Gasteiger partial charge in [0.05, 0.1) is 0 Å². The molecule has 0 aromatic carbocycles. The average Bonchev–Trinajstić information content (AvgIpc) is 2.85. The van der Waals surface area contributed by atoms with Gasteiger partial charge in [-0.3, -0.25) is 4.79 Å². The van der Waals surface area contributed by atoms with Crippen molar-refractivity contribution in [1.29, 1.82) is 0 Å². The van der Waals surface area contributed by atoms with Crippen molar-refractivity contribution in [3.05, 3.63) is 0 Å². The van der Waals surface area contributed by atoms with Crippen LogP contribution in [0.25, 0.3) is 0 Å². The Morgan fingerprint density at radius 1 is 0.913 bits per heavy atom. The summed E-state index contributed by atoms with van der Waals surface area (Å²) in [7, 11) is 0. The quantitative estimate of drug-likeness (QED) is 0.617. The lowest BCUT2D eigenvalue weighted by atomic mass is 9.44. The minimum absolute atomic E-state index is 0.257. The third-order valence-corrected chi connectivity index (χ3v) is 9.09. The van der Waals surface area contributed by atoms with Gasteiger partial charge < -0.3 is 0 Å². The molecule has 8 atom stereocenters. The van der Waals surface area contributed by atoms with Gasteiger partial charge in [0.25, 0.3) is 0 Å². The Balaban J connectivity index is 1.61. The van der Waals surface area contributed by atoms with Crippen molar-refractivity contribution in [1.82, 2.24) is 0 Å². The summed E-state index contributed by atoms with van der Waals surface area (Å²) >= 11 is 0. The van der Waals surface area contributed by atoms with E-state index in [0.717, 1.165) is 43.4 Å². The molecule has 130 valence electrons. The molecule has 0 spiro atoms. The number of carbonyl (C=O) groups is 1. The fourth-order valence-electron chi connectivity index (χ4n) is 7.87. The predicted molar refractivity (Wildman–Crippen MR) is 90.8 cm³/mol. The Labute approximate surface area is 140 Å². The summed E-state index contributed by atoms with van der Waals surface area (Å²) in [6.45, 7) is 6.71. The number of carbonyl (C=O) groups excluding carboxylic acids is 1. The number of rotatable bonds is 1. The number of fused-ring (bicyclic) bond motifs is 5. The first-order valence-corrected chi connectivity index (χ1v) is 10.0. The minimum Gasteiger partial charge on any atom is -0.300 e. The zero-order valence-electron chi connectivity index (χ0n) is 15.1. The van der Waals surface area contributed by atoms with Crippen molar-refractivity contribution in [2.24, 2.45) is 40.4 Å². The van der Waals surface area contributed by atoms with E-state index >= 15 is 0 Å². The van der Waals surface area contributed by atoms with Crippen LogP contribution in [0.3, 0.4) is 0 Å². The number of ketones is 1. The summed E-state index contributed by atoms with van der Waals surface area (Å²) in [5.41, 5.74) is 0.634. The number of hydrogen-bond acceptors (Lipinski definition) is 1. The van der Waals surface area contributed by atoms with Crippen LogP contribution in [0.1, 0.15) is 78.6 Å². The number of halogens is 1.